The molecule has 5 heteroatoms. The molecular formula is C26H32N4O. The van der Waals surface area contributed by atoms with E-state index in [1.165, 1.54) is 16.7 Å². The van der Waals surface area contributed by atoms with E-state index in [0.717, 1.165) is 30.6 Å². The number of aromatic nitrogens is 1. The number of nitrogen functional groups attached to an aromatic ring is 1. The number of anilines is 1. The SMILES string of the molecule is C=C(Cc1cccc(C[C@@H](C)NC[C@H](O)c2ccc(N)nc2)c1)NCc1ccccc1. The Morgan fingerprint density at radius 1 is 1.03 bits per heavy atom. The lowest BCUT2D eigenvalue weighted by Gasteiger charge is -2.18. The molecule has 1 heterocycles. The molecule has 1 aromatic heterocycles. The van der Waals surface area contributed by atoms with Crippen molar-refractivity contribution in [3.63, 3.8) is 0 Å². The van der Waals surface area contributed by atoms with E-state index in [1.54, 1.807) is 12.3 Å². The van der Waals surface area contributed by atoms with Crippen molar-refractivity contribution in [3.8, 4) is 0 Å². The number of nitrogens with zero attached hydrogens (tertiary/aromatic N) is 1. The molecular weight excluding hydrogens is 384 g/mol. The number of benzene rings is 2. The summed E-state index contributed by atoms with van der Waals surface area (Å²) in [6, 6.07) is 22.7. The van der Waals surface area contributed by atoms with Gasteiger partial charge in [0.1, 0.15) is 5.82 Å². The Kier molecular flexibility index (Phi) is 8.21. The van der Waals surface area contributed by atoms with Gasteiger partial charge in [0.25, 0.3) is 0 Å². The Balaban J connectivity index is 1.45. The molecule has 0 aliphatic rings. The Hall–Kier alpha value is -3.15. The third-order valence-electron chi connectivity index (χ3n) is 5.19. The van der Waals surface area contributed by atoms with Crippen molar-refractivity contribution in [1.82, 2.24) is 15.6 Å². The number of hydrogen-bond acceptors (Lipinski definition) is 5. The first-order valence-corrected chi connectivity index (χ1v) is 10.7. The molecule has 5 nitrogen and oxygen atoms in total. The summed E-state index contributed by atoms with van der Waals surface area (Å²) in [6.45, 7) is 7.55. The van der Waals surface area contributed by atoms with Crippen molar-refractivity contribution < 1.29 is 5.11 Å². The van der Waals surface area contributed by atoms with E-state index in [2.05, 4.69) is 65.5 Å². The van der Waals surface area contributed by atoms with E-state index in [9.17, 15) is 5.11 Å². The molecule has 0 aliphatic carbocycles. The maximum Gasteiger partial charge on any atom is 0.123 e. The number of allylic oxidation sites excluding steroid dienone is 1. The lowest BCUT2D eigenvalue weighted by atomic mass is 10.0. The van der Waals surface area contributed by atoms with Crippen LogP contribution in [-0.4, -0.2) is 22.7 Å². The van der Waals surface area contributed by atoms with Gasteiger partial charge in [-0.3, -0.25) is 0 Å². The first-order chi connectivity index (χ1) is 15.0. The van der Waals surface area contributed by atoms with Gasteiger partial charge < -0.3 is 21.5 Å². The van der Waals surface area contributed by atoms with Gasteiger partial charge in [-0.2, -0.15) is 0 Å². The number of pyridine rings is 1. The highest BCUT2D eigenvalue weighted by Gasteiger charge is 2.11. The van der Waals surface area contributed by atoms with Crippen molar-refractivity contribution in [2.24, 2.45) is 0 Å². The standard InChI is InChI=1S/C26H32N4O/c1-19(28-16-21-7-4-3-5-8-21)13-22-9-6-10-23(15-22)14-20(2)29-18-25(31)24-11-12-26(27)30-17-24/h3-12,15,17,20,25,28-29,31H,1,13-14,16,18H2,2H3,(H2,27,30)/t20-,25+/m1/s1. The monoisotopic (exact) mass is 416 g/mol. The van der Waals surface area contributed by atoms with Gasteiger partial charge in [-0.25, -0.2) is 4.98 Å². The molecule has 0 spiro atoms. The van der Waals surface area contributed by atoms with Gasteiger partial charge in [-0.05, 0) is 36.1 Å². The van der Waals surface area contributed by atoms with Crippen molar-refractivity contribution in [2.45, 2.75) is 38.5 Å². The van der Waals surface area contributed by atoms with E-state index < -0.39 is 6.10 Å². The maximum atomic E-state index is 10.3. The molecule has 0 fully saturated rings. The number of hydrogen-bond donors (Lipinski definition) is 4. The number of nitrogens with one attached hydrogen (secondary N) is 2. The zero-order chi connectivity index (χ0) is 22.1. The summed E-state index contributed by atoms with van der Waals surface area (Å²) in [7, 11) is 0. The van der Waals surface area contributed by atoms with Crippen molar-refractivity contribution >= 4 is 5.82 Å². The summed E-state index contributed by atoms with van der Waals surface area (Å²) >= 11 is 0. The minimum atomic E-state index is -0.610. The second-order valence-electron chi connectivity index (χ2n) is 7.99. The van der Waals surface area contributed by atoms with Crippen LogP contribution in [0.25, 0.3) is 0 Å². The van der Waals surface area contributed by atoms with Gasteiger partial charge in [-0.1, -0.05) is 67.2 Å². The fourth-order valence-corrected chi connectivity index (χ4v) is 3.47. The van der Waals surface area contributed by atoms with Gasteiger partial charge >= 0.3 is 0 Å². The summed E-state index contributed by atoms with van der Waals surface area (Å²) in [5, 5.41) is 17.2. The Labute approximate surface area is 185 Å². The molecule has 0 saturated carbocycles. The number of aliphatic hydroxyl groups excluding tert-OH is 1. The van der Waals surface area contributed by atoms with Crippen molar-refractivity contribution in [1.29, 1.82) is 0 Å². The van der Waals surface area contributed by atoms with Crippen LogP contribution in [-0.2, 0) is 19.4 Å². The Morgan fingerprint density at radius 2 is 1.77 bits per heavy atom. The highest BCUT2D eigenvalue weighted by molar-refractivity contribution is 5.30. The summed E-state index contributed by atoms with van der Waals surface area (Å²) in [4.78, 5) is 4.04. The van der Waals surface area contributed by atoms with Crippen molar-refractivity contribution in [3.05, 3.63) is 107 Å². The largest absolute Gasteiger partial charge is 0.387 e. The highest BCUT2D eigenvalue weighted by Crippen LogP contribution is 2.14. The first-order valence-electron chi connectivity index (χ1n) is 10.7. The zero-order valence-electron chi connectivity index (χ0n) is 18.1. The maximum absolute atomic E-state index is 10.3. The molecule has 31 heavy (non-hydrogen) atoms. The van der Waals surface area contributed by atoms with Crippen LogP contribution in [0.3, 0.4) is 0 Å². The summed E-state index contributed by atoms with van der Waals surface area (Å²) in [6.07, 6.45) is 2.69. The molecule has 2 atom stereocenters. The van der Waals surface area contributed by atoms with Crippen LogP contribution in [0.2, 0.25) is 0 Å². The minimum absolute atomic E-state index is 0.228. The third kappa shape index (κ3) is 7.55. The first kappa shape index (κ1) is 22.5. The quantitative estimate of drug-likeness (QED) is 0.383. The average Bonchev–Trinajstić information content (AvgIpc) is 2.77. The number of aliphatic hydroxyl groups is 1. The zero-order valence-corrected chi connectivity index (χ0v) is 18.1. The molecule has 0 radical (unpaired) electrons. The van der Waals surface area contributed by atoms with Crippen LogP contribution >= 0.6 is 0 Å². The highest BCUT2D eigenvalue weighted by atomic mass is 16.3. The minimum Gasteiger partial charge on any atom is -0.387 e. The predicted molar refractivity (Wildman–Crippen MR) is 127 cm³/mol. The van der Waals surface area contributed by atoms with Crippen LogP contribution in [0.15, 0.2) is 85.2 Å². The molecule has 162 valence electrons. The topological polar surface area (TPSA) is 83.2 Å². The lowest BCUT2D eigenvalue weighted by molar-refractivity contribution is 0.170. The summed E-state index contributed by atoms with van der Waals surface area (Å²) in [5.74, 6) is 0.454. The van der Waals surface area contributed by atoms with Crippen LogP contribution in [0, 0.1) is 0 Å². The number of rotatable bonds is 11. The average molecular weight is 417 g/mol. The van der Waals surface area contributed by atoms with Gasteiger partial charge in [0.2, 0.25) is 0 Å². The van der Waals surface area contributed by atoms with E-state index in [-0.39, 0.29) is 6.04 Å². The van der Waals surface area contributed by atoms with Crippen LogP contribution in [0.1, 0.15) is 35.3 Å². The molecule has 0 saturated heterocycles. The molecule has 5 N–H and O–H groups in total. The Morgan fingerprint density at radius 3 is 2.52 bits per heavy atom. The lowest BCUT2D eigenvalue weighted by Crippen LogP contribution is -2.32. The third-order valence-corrected chi connectivity index (χ3v) is 5.19. The van der Waals surface area contributed by atoms with E-state index in [0.29, 0.717) is 12.4 Å². The van der Waals surface area contributed by atoms with Crippen LogP contribution in [0.5, 0.6) is 0 Å². The van der Waals surface area contributed by atoms with Gasteiger partial charge in [0.15, 0.2) is 0 Å². The van der Waals surface area contributed by atoms with E-state index >= 15 is 0 Å². The predicted octanol–water partition coefficient (Wildman–Crippen LogP) is 3.76. The van der Waals surface area contributed by atoms with Gasteiger partial charge in [-0.15, -0.1) is 0 Å². The molecule has 2 aromatic carbocycles. The van der Waals surface area contributed by atoms with Gasteiger partial charge in [0.05, 0.1) is 6.10 Å². The fraction of sp³-hybridized carbons (Fsp3) is 0.269. The molecule has 0 unspecified atom stereocenters. The second-order valence-corrected chi connectivity index (χ2v) is 7.99. The molecule has 3 rings (SSSR count). The summed E-state index contributed by atoms with van der Waals surface area (Å²) < 4.78 is 0. The van der Waals surface area contributed by atoms with E-state index in [1.807, 2.05) is 24.3 Å². The summed E-state index contributed by atoms with van der Waals surface area (Å²) in [5.41, 5.74) is 11.1. The van der Waals surface area contributed by atoms with Crippen LogP contribution < -0.4 is 16.4 Å². The van der Waals surface area contributed by atoms with Crippen molar-refractivity contribution in [2.75, 3.05) is 12.3 Å². The second kappa shape index (κ2) is 11.3. The van der Waals surface area contributed by atoms with Gasteiger partial charge in [0, 0.05) is 43.0 Å². The number of nitrogens with two attached hydrogens (primary N) is 1. The van der Waals surface area contributed by atoms with Crippen LogP contribution in [0.4, 0.5) is 5.82 Å². The smallest absolute Gasteiger partial charge is 0.123 e. The molecule has 3 aromatic rings. The molecule has 0 amide bonds. The molecule has 0 aliphatic heterocycles. The molecule has 0 bridgehead atoms. The fourth-order valence-electron chi connectivity index (χ4n) is 3.47. The normalized spacial score (nSPS) is 12.8. The Bertz CT molecular complexity index is 957. The van der Waals surface area contributed by atoms with E-state index in [4.69, 9.17) is 5.73 Å².